The van der Waals surface area contributed by atoms with Crippen molar-refractivity contribution in [3.05, 3.63) is 35.1 Å². The van der Waals surface area contributed by atoms with Gasteiger partial charge in [0, 0.05) is 11.1 Å². The summed E-state index contributed by atoms with van der Waals surface area (Å²) in [5.74, 6) is 0.475. The van der Waals surface area contributed by atoms with E-state index in [-0.39, 0.29) is 5.82 Å². The van der Waals surface area contributed by atoms with E-state index in [1.807, 2.05) is 13.0 Å². The number of hydrogen-bond donors (Lipinski definition) is 1. The van der Waals surface area contributed by atoms with Crippen molar-refractivity contribution >= 4 is 5.88 Å². The number of nitrogens with two attached hydrogens (primary N) is 1. The van der Waals surface area contributed by atoms with Crippen molar-refractivity contribution in [1.29, 1.82) is 0 Å². The first kappa shape index (κ1) is 12.6. The molecule has 2 rings (SSSR count). The Morgan fingerprint density at radius 2 is 2.06 bits per heavy atom. The van der Waals surface area contributed by atoms with E-state index >= 15 is 0 Å². The van der Waals surface area contributed by atoms with Gasteiger partial charge in [0.05, 0.1) is 0 Å². The zero-order valence-electron chi connectivity index (χ0n) is 10.8. The lowest BCUT2D eigenvalue weighted by Crippen LogP contribution is -1.99. The quantitative estimate of drug-likeness (QED) is 0.903. The van der Waals surface area contributed by atoms with Gasteiger partial charge in [-0.15, -0.1) is 0 Å². The van der Waals surface area contributed by atoms with Gasteiger partial charge >= 0.3 is 0 Å². The van der Waals surface area contributed by atoms with Gasteiger partial charge in [0.2, 0.25) is 5.88 Å². The Labute approximate surface area is 106 Å². The number of aromatic nitrogens is 1. The fourth-order valence-electron chi connectivity index (χ4n) is 2.03. The monoisotopic (exact) mass is 248 g/mol. The van der Waals surface area contributed by atoms with Crippen molar-refractivity contribution in [3.8, 4) is 11.3 Å². The van der Waals surface area contributed by atoms with E-state index in [2.05, 4.69) is 19.0 Å². The molecule has 0 aliphatic carbocycles. The average Bonchev–Trinajstić information content (AvgIpc) is 2.58. The van der Waals surface area contributed by atoms with Gasteiger partial charge in [-0.05, 0) is 43.0 Å². The Kier molecular flexibility index (Phi) is 3.36. The molecule has 4 heteroatoms. The Hall–Kier alpha value is -1.84. The van der Waals surface area contributed by atoms with Crippen molar-refractivity contribution in [3.63, 3.8) is 0 Å². The molecule has 18 heavy (non-hydrogen) atoms. The highest BCUT2D eigenvalue weighted by Crippen LogP contribution is 2.30. The van der Waals surface area contributed by atoms with Crippen LogP contribution in [0.5, 0.6) is 0 Å². The number of benzene rings is 1. The summed E-state index contributed by atoms with van der Waals surface area (Å²) < 4.78 is 18.5. The second kappa shape index (κ2) is 4.80. The van der Waals surface area contributed by atoms with Gasteiger partial charge in [0.15, 0.2) is 0 Å². The lowest BCUT2D eigenvalue weighted by Gasteiger charge is -2.06. The zero-order chi connectivity index (χ0) is 13.3. The summed E-state index contributed by atoms with van der Waals surface area (Å²) in [5.41, 5.74) is 8.84. The summed E-state index contributed by atoms with van der Waals surface area (Å²) in [4.78, 5) is 0. The molecule has 96 valence electrons. The van der Waals surface area contributed by atoms with Gasteiger partial charge in [-0.1, -0.05) is 19.0 Å². The molecule has 0 amide bonds. The fourth-order valence-corrected chi connectivity index (χ4v) is 2.03. The van der Waals surface area contributed by atoms with E-state index in [1.165, 1.54) is 12.1 Å². The molecule has 0 saturated heterocycles. The number of hydrogen-bond acceptors (Lipinski definition) is 3. The molecule has 0 saturated carbocycles. The van der Waals surface area contributed by atoms with Crippen LogP contribution in [0, 0.1) is 18.7 Å². The predicted octanol–water partition coefficient (Wildman–Crippen LogP) is 3.57. The summed E-state index contributed by atoms with van der Waals surface area (Å²) >= 11 is 0. The van der Waals surface area contributed by atoms with Crippen LogP contribution in [0.4, 0.5) is 10.3 Å². The van der Waals surface area contributed by atoms with Crippen LogP contribution in [0.2, 0.25) is 0 Å². The lowest BCUT2D eigenvalue weighted by atomic mass is 9.98. The van der Waals surface area contributed by atoms with Crippen LogP contribution in [0.1, 0.15) is 25.0 Å². The number of halogens is 1. The summed E-state index contributed by atoms with van der Waals surface area (Å²) in [7, 11) is 0. The molecule has 2 aromatic rings. The maximum absolute atomic E-state index is 13.4. The van der Waals surface area contributed by atoms with Crippen LogP contribution in [-0.2, 0) is 6.42 Å². The molecule has 0 unspecified atom stereocenters. The van der Waals surface area contributed by atoms with Crippen molar-refractivity contribution in [2.75, 3.05) is 5.73 Å². The summed E-state index contributed by atoms with van der Waals surface area (Å²) in [6.07, 6.45) is 0.764. The molecule has 0 aliphatic heterocycles. The molecular weight excluding hydrogens is 231 g/mol. The summed E-state index contributed by atoms with van der Waals surface area (Å²) in [6.45, 7) is 6.03. The minimum Gasteiger partial charge on any atom is -0.367 e. The highest BCUT2D eigenvalue weighted by atomic mass is 19.1. The van der Waals surface area contributed by atoms with Gasteiger partial charge in [0.25, 0.3) is 0 Å². The molecule has 0 bridgehead atoms. The molecule has 1 heterocycles. The minimum absolute atomic E-state index is 0.276. The van der Waals surface area contributed by atoms with Crippen molar-refractivity contribution < 1.29 is 8.91 Å². The van der Waals surface area contributed by atoms with Gasteiger partial charge < -0.3 is 10.3 Å². The van der Waals surface area contributed by atoms with Gasteiger partial charge in [-0.25, -0.2) is 4.39 Å². The standard InChI is InChI=1S/C14H17FN2O/c1-8(2)4-12-13(17-18-14(12)16)10-5-9(3)6-11(15)7-10/h5-8H,4,16H2,1-3H3. The smallest absolute Gasteiger partial charge is 0.225 e. The highest BCUT2D eigenvalue weighted by Gasteiger charge is 2.17. The van der Waals surface area contributed by atoms with E-state index in [0.717, 1.165) is 17.5 Å². The Morgan fingerprint density at radius 1 is 1.33 bits per heavy atom. The number of anilines is 1. The van der Waals surface area contributed by atoms with Crippen LogP contribution in [0.15, 0.2) is 22.7 Å². The maximum Gasteiger partial charge on any atom is 0.225 e. The Balaban J connectivity index is 2.50. The van der Waals surface area contributed by atoms with Gasteiger partial charge in [0.1, 0.15) is 11.5 Å². The van der Waals surface area contributed by atoms with Crippen molar-refractivity contribution in [2.45, 2.75) is 27.2 Å². The normalized spacial score (nSPS) is 11.2. The average molecular weight is 248 g/mol. The Morgan fingerprint density at radius 3 is 2.67 bits per heavy atom. The van der Waals surface area contributed by atoms with E-state index in [9.17, 15) is 4.39 Å². The molecule has 0 aliphatic rings. The molecule has 0 fully saturated rings. The second-order valence-electron chi connectivity index (χ2n) is 4.99. The summed E-state index contributed by atoms with van der Waals surface area (Å²) in [6, 6.07) is 4.81. The topological polar surface area (TPSA) is 52.0 Å². The second-order valence-corrected chi connectivity index (χ2v) is 4.99. The molecule has 0 spiro atoms. The first-order valence-corrected chi connectivity index (χ1v) is 5.99. The zero-order valence-corrected chi connectivity index (χ0v) is 10.8. The number of rotatable bonds is 3. The number of nitrogens with zero attached hydrogens (tertiary/aromatic N) is 1. The predicted molar refractivity (Wildman–Crippen MR) is 69.6 cm³/mol. The third-order valence-electron chi connectivity index (χ3n) is 2.75. The third kappa shape index (κ3) is 2.53. The van der Waals surface area contributed by atoms with Crippen LogP contribution in [0.3, 0.4) is 0 Å². The molecule has 2 N–H and O–H groups in total. The van der Waals surface area contributed by atoms with E-state index in [4.69, 9.17) is 10.3 Å². The maximum atomic E-state index is 13.4. The molecular formula is C14H17FN2O. The minimum atomic E-state index is -0.276. The molecule has 0 atom stereocenters. The first-order valence-electron chi connectivity index (χ1n) is 5.99. The van der Waals surface area contributed by atoms with Crippen LogP contribution in [0.25, 0.3) is 11.3 Å². The number of aryl methyl sites for hydroxylation is 1. The lowest BCUT2D eigenvalue weighted by molar-refractivity contribution is 0.438. The van der Waals surface area contributed by atoms with Crippen LogP contribution < -0.4 is 5.73 Å². The largest absolute Gasteiger partial charge is 0.367 e. The molecule has 0 radical (unpaired) electrons. The fraction of sp³-hybridized carbons (Fsp3) is 0.357. The first-order chi connectivity index (χ1) is 8.47. The van der Waals surface area contributed by atoms with E-state index in [1.54, 1.807) is 0 Å². The molecule has 3 nitrogen and oxygen atoms in total. The highest BCUT2D eigenvalue weighted by molar-refractivity contribution is 5.67. The summed E-state index contributed by atoms with van der Waals surface area (Å²) in [5, 5.41) is 3.95. The Bertz CT molecular complexity index is 541. The molecule has 1 aromatic heterocycles. The van der Waals surface area contributed by atoms with Crippen LogP contribution >= 0.6 is 0 Å². The van der Waals surface area contributed by atoms with E-state index < -0.39 is 0 Å². The number of nitrogen functional groups attached to an aromatic ring is 1. The van der Waals surface area contributed by atoms with Crippen LogP contribution in [-0.4, -0.2) is 5.16 Å². The van der Waals surface area contributed by atoms with Gasteiger partial charge in [-0.3, -0.25) is 0 Å². The van der Waals surface area contributed by atoms with Crippen molar-refractivity contribution in [2.24, 2.45) is 5.92 Å². The molecule has 1 aromatic carbocycles. The SMILES string of the molecule is Cc1cc(F)cc(-c2noc(N)c2CC(C)C)c1. The van der Waals surface area contributed by atoms with E-state index in [0.29, 0.717) is 23.1 Å². The third-order valence-corrected chi connectivity index (χ3v) is 2.75. The van der Waals surface area contributed by atoms with Crippen molar-refractivity contribution in [1.82, 2.24) is 5.16 Å². The van der Waals surface area contributed by atoms with Gasteiger partial charge in [-0.2, -0.15) is 0 Å².